The molecule has 90 valence electrons. The third-order valence-electron chi connectivity index (χ3n) is 2.16. The summed E-state index contributed by atoms with van der Waals surface area (Å²) in [5.41, 5.74) is 7.35. The van der Waals surface area contributed by atoms with E-state index in [9.17, 15) is 8.42 Å². The fourth-order valence-corrected chi connectivity index (χ4v) is 3.13. The highest BCUT2D eigenvalue weighted by Gasteiger charge is 2.18. The van der Waals surface area contributed by atoms with Crippen LogP contribution in [0.25, 0.3) is 0 Å². The van der Waals surface area contributed by atoms with Crippen LogP contribution in [0.4, 0.5) is 5.69 Å². The van der Waals surface area contributed by atoms with Crippen molar-refractivity contribution in [3.8, 4) is 0 Å². The Morgan fingerprint density at radius 3 is 2.25 bits per heavy atom. The maximum Gasteiger partial charge on any atom is 0.241 e. The molecule has 0 radical (unpaired) electrons. The smallest absolute Gasteiger partial charge is 0.241 e. The Labute approximate surface area is 95.3 Å². The largest absolute Gasteiger partial charge is 0.399 e. The zero-order chi connectivity index (χ0) is 12.3. The summed E-state index contributed by atoms with van der Waals surface area (Å²) in [6, 6.07) is 3.22. The Morgan fingerprint density at radius 1 is 1.31 bits per heavy atom. The van der Waals surface area contributed by atoms with Gasteiger partial charge in [0.2, 0.25) is 10.0 Å². The summed E-state index contributed by atoms with van der Waals surface area (Å²) in [6.45, 7) is 3.16. The standard InChI is InChI=1S/C10H16N2O3S/c1-7-5-9(11)6-8(2)10(7)16(14,15)12-3-4-13/h5-6,12-13H,3-4,11H2,1-2H3. The van der Waals surface area contributed by atoms with Crippen LogP contribution >= 0.6 is 0 Å². The normalized spacial score (nSPS) is 11.7. The highest BCUT2D eigenvalue weighted by Crippen LogP contribution is 2.22. The Balaban J connectivity index is 3.23. The zero-order valence-corrected chi connectivity index (χ0v) is 10.1. The zero-order valence-electron chi connectivity index (χ0n) is 9.32. The van der Waals surface area contributed by atoms with Gasteiger partial charge in [-0.3, -0.25) is 0 Å². The lowest BCUT2D eigenvalue weighted by Gasteiger charge is -2.12. The molecule has 0 atom stereocenters. The summed E-state index contributed by atoms with van der Waals surface area (Å²) in [4.78, 5) is 0.232. The monoisotopic (exact) mass is 244 g/mol. The average molecular weight is 244 g/mol. The van der Waals surface area contributed by atoms with Crippen LogP contribution in [0, 0.1) is 13.8 Å². The molecular weight excluding hydrogens is 228 g/mol. The van der Waals surface area contributed by atoms with E-state index in [2.05, 4.69) is 4.72 Å². The van der Waals surface area contributed by atoms with Crippen LogP contribution in [-0.4, -0.2) is 26.7 Å². The number of nitrogens with one attached hydrogen (secondary N) is 1. The predicted molar refractivity (Wildman–Crippen MR) is 62.6 cm³/mol. The van der Waals surface area contributed by atoms with Crippen LogP contribution in [-0.2, 0) is 10.0 Å². The molecule has 0 aliphatic rings. The molecule has 1 rings (SSSR count). The third-order valence-corrected chi connectivity index (χ3v) is 3.92. The van der Waals surface area contributed by atoms with Crippen LogP contribution in [0.3, 0.4) is 0 Å². The Hall–Kier alpha value is -1.11. The van der Waals surface area contributed by atoms with E-state index < -0.39 is 10.0 Å². The minimum atomic E-state index is -3.57. The van der Waals surface area contributed by atoms with Gasteiger partial charge >= 0.3 is 0 Å². The molecule has 0 amide bonds. The first kappa shape index (κ1) is 13.0. The van der Waals surface area contributed by atoms with Crippen molar-refractivity contribution in [3.05, 3.63) is 23.3 Å². The molecule has 0 aromatic heterocycles. The number of anilines is 1. The summed E-state index contributed by atoms with van der Waals surface area (Å²) in [6.07, 6.45) is 0. The van der Waals surface area contributed by atoms with Gasteiger partial charge in [0.1, 0.15) is 0 Å². The SMILES string of the molecule is Cc1cc(N)cc(C)c1S(=O)(=O)NCCO. The van der Waals surface area contributed by atoms with Crippen molar-refractivity contribution in [2.24, 2.45) is 0 Å². The first-order chi connectivity index (χ1) is 7.38. The van der Waals surface area contributed by atoms with E-state index in [4.69, 9.17) is 10.8 Å². The molecule has 0 saturated heterocycles. The minimum Gasteiger partial charge on any atom is -0.399 e. The lowest BCUT2D eigenvalue weighted by Crippen LogP contribution is -2.28. The second kappa shape index (κ2) is 4.82. The summed E-state index contributed by atoms with van der Waals surface area (Å²) < 4.78 is 26.1. The molecule has 5 nitrogen and oxygen atoms in total. The van der Waals surface area contributed by atoms with Gasteiger partial charge in [0, 0.05) is 12.2 Å². The van der Waals surface area contributed by atoms with Crippen LogP contribution in [0.2, 0.25) is 0 Å². The number of aliphatic hydroxyl groups excluding tert-OH is 1. The lowest BCUT2D eigenvalue weighted by molar-refractivity contribution is 0.301. The van der Waals surface area contributed by atoms with E-state index in [1.165, 1.54) is 0 Å². The van der Waals surface area contributed by atoms with Crippen LogP contribution < -0.4 is 10.5 Å². The van der Waals surface area contributed by atoms with Gasteiger partial charge in [-0.25, -0.2) is 13.1 Å². The highest BCUT2D eigenvalue weighted by atomic mass is 32.2. The maximum atomic E-state index is 11.9. The minimum absolute atomic E-state index is 0.00555. The molecule has 0 spiro atoms. The van der Waals surface area contributed by atoms with Crippen molar-refractivity contribution in [2.75, 3.05) is 18.9 Å². The molecule has 0 unspecified atom stereocenters. The van der Waals surface area contributed by atoms with Gasteiger partial charge < -0.3 is 10.8 Å². The molecular formula is C10H16N2O3S. The van der Waals surface area contributed by atoms with Gasteiger partial charge in [-0.2, -0.15) is 0 Å². The number of rotatable bonds is 4. The van der Waals surface area contributed by atoms with Crippen LogP contribution in [0.15, 0.2) is 17.0 Å². The number of hydrogen-bond donors (Lipinski definition) is 3. The molecule has 0 aliphatic heterocycles. The Kier molecular flexibility index (Phi) is 3.90. The number of aryl methyl sites for hydroxylation is 2. The Morgan fingerprint density at radius 2 is 1.81 bits per heavy atom. The maximum absolute atomic E-state index is 11.9. The van der Waals surface area contributed by atoms with E-state index in [-0.39, 0.29) is 18.0 Å². The number of aliphatic hydroxyl groups is 1. The molecule has 0 bridgehead atoms. The van der Waals surface area contributed by atoms with Crippen molar-refractivity contribution >= 4 is 15.7 Å². The number of benzene rings is 1. The second-order valence-electron chi connectivity index (χ2n) is 3.61. The van der Waals surface area contributed by atoms with E-state index >= 15 is 0 Å². The topological polar surface area (TPSA) is 92.4 Å². The molecule has 16 heavy (non-hydrogen) atoms. The summed E-state index contributed by atoms with van der Waals surface area (Å²) in [5.74, 6) is 0. The average Bonchev–Trinajstić information content (AvgIpc) is 2.12. The Bertz CT molecular complexity index is 460. The molecule has 0 saturated carbocycles. The molecule has 4 N–H and O–H groups in total. The summed E-state index contributed by atoms with van der Waals surface area (Å²) in [7, 11) is -3.57. The second-order valence-corrected chi connectivity index (χ2v) is 5.31. The van der Waals surface area contributed by atoms with Crippen LogP contribution in [0.1, 0.15) is 11.1 Å². The lowest BCUT2D eigenvalue weighted by atomic mass is 10.1. The van der Waals surface area contributed by atoms with E-state index in [1.54, 1.807) is 26.0 Å². The van der Waals surface area contributed by atoms with E-state index in [0.717, 1.165) is 0 Å². The van der Waals surface area contributed by atoms with Crippen LogP contribution in [0.5, 0.6) is 0 Å². The first-order valence-corrected chi connectivity index (χ1v) is 6.34. The van der Waals surface area contributed by atoms with Gasteiger partial charge in [0.25, 0.3) is 0 Å². The molecule has 6 heteroatoms. The number of sulfonamides is 1. The fraction of sp³-hybridized carbons (Fsp3) is 0.400. The fourth-order valence-electron chi connectivity index (χ4n) is 1.66. The van der Waals surface area contributed by atoms with Gasteiger partial charge in [0.15, 0.2) is 0 Å². The van der Waals surface area contributed by atoms with Crippen molar-refractivity contribution in [1.29, 1.82) is 0 Å². The quantitative estimate of drug-likeness (QED) is 0.658. The van der Waals surface area contributed by atoms with Crippen molar-refractivity contribution < 1.29 is 13.5 Å². The number of hydrogen-bond acceptors (Lipinski definition) is 4. The van der Waals surface area contributed by atoms with Crippen molar-refractivity contribution in [3.63, 3.8) is 0 Å². The van der Waals surface area contributed by atoms with Crippen molar-refractivity contribution in [1.82, 2.24) is 4.72 Å². The van der Waals surface area contributed by atoms with E-state index in [1.807, 2.05) is 0 Å². The summed E-state index contributed by atoms with van der Waals surface area (Å²) in [5, 5.41) is 8.61. The van der Waals surface area contributed by atoms with Gasteiger partial charge in [0.05, 0.1) is 11.5 Å². The first-order valence-electron chi connectivity index (χ1n) is 4.85. The third kappa shape index (κ3) is 2.72. The predicted octanol–water partition coefficient (Wildman–Crippen LogP) is 0.156. The van der Waals surface area contributed by atoms with Gasteiger partial charge in [-0.1, -0.05) is 0 Å². The highest BCUT2D eigenvalue weighted by molar-refractivity contribution is 7.89. The van der Waals surface area contributed by atoms with Crippen molar-refractivity contribution in [2.45, 2.75) is 18.7 Å². The molecule has 0 fully saturated rings. The molecule has 1 aromatic carbocycles. The number of nitrogen functional groups attached to an aromatic ring is 1. The molecule has 0 heterocycles. The molecule has 0 aliphatic carbocycles. The van der Waals surface area contributed by atoms with E-state index in [0.29, 0.717) is 16.8 Å². The number of nitrogens with two attached hydrogens (primary N) is 1. The van der Waals surface area contributed by atoms with Gasteiger partial charge in [-0.15, -0.1) is 0 Å². The van der Waals surface area contributed by atoms with Gasteiger partial charge in [-0.05, 0) is 37.1 Å². The summed E-state index contributed by atoms with van der Waals surface area (Å²) >= 11 is 0. The molecule has 1 aromatic rings.